The van der Waals surface area contributed by atoms with Gasteiger partial charge >= 0.3 is 0 Å². The quantitative estimate of drug-likeness (QED) is 0.823. The molecule has 0 spiro atoms. The van der Waals surface area contributed by atoms with E-state index >= 15 is 0 Å². The monoisotopic (exact) mass is 217 g/mol. The lowest BCUT2D eigenvalue weighted by molar-refractivity contribution is 0.115. The summed E-state index contributed by atoms with van der Waals surface area (Å²) in [6.45, 7) is 0. The molecular weight excluding hydrogens is 202 g/mol. The van der Waals surface area contributed by atoms with E-state index in [2.05, 4.69) is 11.1 Å². The molecule has 16 heavy (non-hydrogen) atoms. The minimum absolute atomic E-state index is 0.0323. The third-order valence-corrected chi connectivity index (χ3v) is 2.93. The lowest BCUT2D eigenvalue weighted by Gasteiger charge is -2.27. The Morgan fingerprint density at radius 2 is 2.25 bits per heavy atom. The zero-order chi connectivity index (χ0) is 11.4. The van der Waals surface area contributed by atoms with E-state index < -0.39 is 0 Å². The Kier molecular flexibility index (Phi) is 3.25. The number of aromatic nitrogens is 1. The molecular formula is C12H15N3O. The number of nitriles is 1. The fourth-order valence-corrected chi connectivity index (χ4v) is 2.03. The molecule has 2 atom stereocenters. The van der Waals surface area contributed by atoms with Crippen LogP contribution in [0.3, 0.4) is 0 Å². The van der Waals surface area contributed by atoms with Crippen LogP contribution in [0.5, 0.6) is 5.88 Å². The fraction of sp³-hybridized carbons (Fsp3) is 0.500. The maximum absolute atomic E-state index is 9.03. The summed E-state index contributed by atoms with van der Waals surface area (Å²) in [4.78, 5) is 4.08. The summed E-state index contributed by atoms with van der Waals surface area (Å²) in [5.74, 6) is 0.421. The Morgan fingerprint density at radius 1 is 1.44 bits per heavy atom. The van der Waals surface area contributed by atoms with Crippen molar-refractivity contribution in [2.24, 2.45) is 5.92 Å². The molecule has 4 nitrogen and oxygen atoms in total. The van der Waals surface area contributed by atoms with Crippen molar-refractivity contribution in [1.82, 2.24) is 4.98 Å². The number of anilines is 1. The van der Waals surface area contributed by atoms with Crippen molar-refractivity contribution in [2.75, 3.05) is 5.73 Å². The van der Waals surface area contributed by atoms with Crippen LogP contribution < -0.4 is 10.5 Å². The molecule has 1 aliphatic carbocycles. The Labute approximate surface area is 95.0 Å². The maximum Gasteiger partial charge on any atom is 0.237 e. The maximum atomic E-state index is 9.03. The molecule has 1 aliphatic rings. The van der Waals surface area contributed by atoms with E-state index in [4.69, 9.17) is 15.7 Å². The molecule has 4 heteroatoms. The standard InChI is InChI=1S/C12H15N3O/c13-8-9-4-1-2-6-11(9)16-12-10(14)5-3-7-15-12/h3,5,7,9,11H,1-2,4,6,14H2. The molecule has 0 aromatic carbocycles. The smallest absolute Gasteiger partial charge is 0.237 e. The number of hydrogen-bond donors (Lipinski definition) is 1. The first-order valence-corrected chi connectivity index (χ1v) is 5.58. The van der Waals surface area contributed by atoms with Crippen LogP contribution in [0.4, 0.5) is 5.69 Å². The van der Waals surface area contributed by atoms with Crippen molar-refractivity contribution in [2.45, 2.75) is 31.8 Å². The highest BCUT2D eigenvalue weighted by atomic mass is 16.5. The van der Waals surface area contributed by atoms with Gasteiger partial charge in [-0.25, -0.2) is 4.98 Å². The lowest BCUT2D eigenvalue weighted by Crippen LogP contribution is -2.29. The molecule has 1 aromatic rings. The van der Waals surface area contributed by atoms with Gasteiger partial charge in [0, 0.05) is 6.20 Å². The van der Waals surface area contributed by atoms with Crippen LogP contribution in [0.2, 0.25) is 0 Å². The minimum Gasteiger partial charge on any atom is -0.471 e. The Morgan fingerprint density at radius 3 is 3.00 bits per heavy atom. The highest BCUT2D eigenvalue weighted by molar-refractivity contribution is 5.47. The molecule has 1 aromatic heterocycles. The Bertz CT molecular complexity index is 399. The molecule has 1 heterocycles. The number of pyridine rings is 1. The summed E-state index contributed by atoms with van der Waals surface area (Å²) in [5, 5.41) is 9.03. The molecule has 0 aliphatic heterocycles. The lowest BCUT2D eigenvalue weighted by atomic mass is 9.87. The molecule has 1 saturated carbocycles. The summed E-state index contributed by atoms with van der Waals surface area (Å²) >= 11 is 0. The van der Waals surface area contributed by atoms with Gasteiger partial charge in [0.1, 0.15) is 6.10 Å². The molecule has 84 valence electrons. The largest absolute Gasteiger partial charge is 0.471 e. The second-order valence-electron chi connectivity index (χ2n) is 4.07. The third-order valence-electron chi connectivity index (χ3n) is 2.93. The molecule has 0 amide bonds. The molecule has 0 bridgehead atoms. The van der Waals surface area contributed by atoms with E-state index in [-0.39, 0.29) is 12.0 Å². The van der Waals surface area contributed by atoms with Crippen molar-refractivity contribution in [3.63, 3.8) is 0 Å². The van der Waals surface area contributed by atoms with Gasteiger partial charge in [-0.1, -0.05) is 6.42 Å². The normalized spacial score (nSPS) is 24.7. The zero-order valence-electron chi connectivity index (χ0n) is 9.10. The Hall–Kier alpha value is -1.76. The predicted octanol–water partition coefficient (Wildman–Crippen LogP) is 2.12. The number of ether oxygens (including phenoxy) is 1. The van der Waals surface area contributed by atoms with E-state index in [0.717, 1.165) is 25.7 Å². The molecule has 2 unspecified atom stereocenters. The van der Waals surface area contributed by atoms with Gasteiger partial charge in [0.2, 0.25) is 5.88 Å². The molecule has 1 fully saturated rings. The van der Waals surface area contributed by atoms with Gasteiger partial charge in [-0.2, -0.15) is 5.26 Å². The van der Waals surface area contributed by atoms with Crippen LogP contribution in [0, 0.1) is 17.2 Å². The average molecular weight is 217 g/mol. The number of rotatable bonds is 2. The fourth-order valence-electron chi connectivity index (χ4n) is 2.03. The summed E-state index contributed by atoms with van der Waals surface area (Å²) in [7, 11) is 0. The molecule has 0 radical (unpaired) electrons. The summed E-state index contributed by atoms with van der Waals surface area (Å²) in [6, 6.07) is 5.83. The minimum atomic E-state index is -0.0593. The van der Waals surface area contributed by atoms with E-state index in [0.29, 0.717) is 11.6 Å². The van der Waals surface area contributed by atoms with Gasteiger partial charge in [-0.3, -0.25) is 0 Å². The number of nitrogens with two attached hydrogens (primary N) is 1. The molecule has 2 N–H and O–H groups in total. The molecule has 0 saturated heterocycles. The first kappa shape index (κ1) is 10.7. The Balaban J connectivity index is 2.09. The van der Waals surface area contributed by atoms with Crippen LogP contribution in [0.25, 0.3) is 0 Å². The second kappa shape index (κ2) is 4.84. The highest BCUT2D eigenvalue weighted by Crippen LogP contribution is 2.29. The van der Waals surface area contributed by atoms with E-state index in [1.807, 2.05) is 0 Å². The van der Waals surface area contributed by atoms with Gasteiger partial charge in [0.25, 0.3) is 0 Å². The van der Waals surface area contributed by atoms with Crippen LogP contribution in [-0.2, 0) is 0 Å². The SMILES string of the molecule is N#CC1CCCCC1Oc1ncccc1N. The van der Waals surface area contributed by atoms with Gasteiger partial charge in [-0.05, 0) is 31.4 Å². The van der Waals surface area contributed by atoms with Crippen molar-refractivity contribution in [1.29, 1.82) is 5.26 Å². The van der Waals surface area contributed by atoms with Crippen molar-refractivity contribution < 1.29 is 4.74 Å². The van der Waals surface area contributed by atoms with Gasteiger partial charge in [-0.15, -0.1) is 0 Å². The highest BCUT2D eigenvalue weighted by Gasteiger charge is 2.27. The van der Waals surface area contributed by atoms with Gasteiger partial charge < -0.3 is 10.5 Å². The van der Waals surface area contributed by atoms with Crippen molar-refractivity contribution in [3.05, 3.63) is 18.3 Å². The topological polar surface area (TPSA) is 71.9 Å². The van der Waals surface area contributed by atoms with E-state index in [1.54, 1.807) is 18.3 Å². The molecule has 2 rings (SSSR count). The van der Waals surface area contributed by atoms with E-state index in [9.17, 15) is 0 Å². The predicted molar refractivity (Wildman–Crippen MR) is 60.6 cm³/mol. The number of nitrogen functional groups attached to an aromatic ring is 1. The van der Waals surface area contributed by atoms with Crippen LogP contribution in [-0.4, -0.2) is 11.1 Å². The number of nitrogens with zero attached hydrogens (tertiary/aromatic N) is 2. The summed E-state index contributed by atoms with van der Waals surface area (Å²) < 4.78 is 5.73. The first-order chi connectivity index (χ1) is 7.81. The first-order valence-electron chi connectivity index (χ1n) is 5.58. The van der Waals surface area contributed by atoms with Gasteiger partial charge in [0.05, 0.1) is 17.7 Å². The van der Waals surface area contributed by atoms with Crippen LogP contribution in [0.15, 0.2) is 18.3 Å². The van der Waals surface area contributed by atoms with Crippen molar-refractivity contribution in [3.8, 4) is 11.9 Å². The van der Waals surface area contributed by atoms with Crippen molar-refractivity contribution >= 4 is 5.69 Å². The van der Waals surface area contributed by atoms with Crippen LogP contribution >= 0.6 is 0 Å². The van der Waals surface area contributed by atoms with Gasteiger partial charge in [0.15, 0.2) is 0 Å². The summed E-state index contributed by atoms with van der Waals surface area (Å²) in [6.07, 6.45) is 5.62. The van der Waals surface area contributed by atoms with Crippen LogP contribution in [0.1, 0.15) is 25.7 Å². The van der Waals surface area contributed by atoms with E-state index in [1.165, 1.54) is 0 Å². The zero-order valence-corrected chi connectivity index (χ0v) is 9.10. The average Bonchev–Trinajstić information content (AvgIpc) is 2.33. The summed E-state index contributed by atoms with van der Waals surface area (Å²) in [5.41, 5.74) is 6.29. The third kappa shape index (κ3) is 2.25. The second-order valence-corrected chi connectivity index (χ2v) is 4.07. The number of hydrogen-bond acceptors (Lipinski definition) is 4.